The fraction of sp³-hybridized carbons (Fsp3) is 0.318. The van der Waals surface area contributed by atoms with E-state index < -0.39 is 0 Å². The van der Waals surface area contributed by atoms with E-state index in [-0.39, 0.29) is 5.91 Å². The molecule has 2 aliphatic heterocycles. The number of hydrogen-bond donors (Lipinski definition) is 4. The summed E-state index contributed by atoms with van der Waals surface area (Å²) < 4.78 is 0. The zero-order valence-electron chi connectivity index (χ0n) is 17.2. The number of carbonyl (C=O) groups is 1. The van der Waals surface area contributed by atoms with Crippen molar-refractivity contribution in [2.75, 3.05) is 6.54 Å². The van der Waals surface area contributed by atoms with Gasteiger partial charge in [-0.1, -0.05) is 23.7 Å². The molecular weight excluding hydrogens is 414 g/mol. The second-order valence-electron chi connectivity index (χ2n) is 8.13. The van der Waals surface area contributed by atoms with E-state index >= 15 is 0 Å². The normalized spacial score (nSPS) is 20.8. The number of H-pyrrole nitrogens is 1. The molecule has 0 unspecified atom stereocenters. The number of hydrogen-bond acceptors (Lipinski definition) is 6. The van der Waals surface area contributed by atoms with E-state index in [1.54, 1.807) is 6.92 Å². The lowest BCUT2D eigenvalue weighted by molar-refractivity contribution is -0.119. The summed E-state index contributed by atoms with van der Waals surface area (Å²) in [6, 6.07) is 7.87. The Morgan fingerprint density at radius 2 is 2.16 bits per heavy atom. The molecule has 1 aromatic carbocycles. The molecule has 3 aliphatic rings. The lowest BCUT2D eigenvalue weighted by Crippen LogP contribution is -2.31. The van der Waals surface area contributed by atoms with Crippen LogP contribution in [0.15, 0.2) is 51.5 Å². The summed E-state index contributed by atoms with van der Waals surface area (Å²) in [6.45, 7) is 2.29. The molecule has 160 valence electrons. The van der Waals surface area contributed by atoms with Gasteiger partial charge in [-0.2, -0.15) is 5.10 Å². The zero-order chi connectivity index (χ0) is 21.5. The third kappa shape index (κ3) is 3.57. The van der Waals surface area contributed by atoms with Crippen LogP contribution in [-0.2, 0) is 4.79 Å². The first-order chi connectivity index (χ1) is 15.0. The van der Waals surface area contributed by atoms with Crippen LogP contribution in [0.3, 0.4) is 0 Å². The summed E-state index contributed by atoms with van der Waals surface area (Å²) in [5, 5.41) is 14.5. The number of hydrazone groups is 1. The maximum absolute atomic E-state index is 11.2. The van der Waals surface area contributed by atoms with E-state index in [2.05, 4.69) is 31.8 Å². The number of amidine groups is 1. The Labute approximate surface area is 184 Å². The fourth-order valence-corrected chi connectivity index (χ4v) is 4.67. The van der Waals surface area contributed by atoms with E-state index in [9.17, 15) is 4.79 Å². The largest absolute Gasteiger partial charge is 0.382 e. The monoisotopic (exact) mass is 437 g/mol. The Morgan fingerprint density at radius 3 is 2.90 bits per heavy atom. The molecule has 0 bridgehead atoms. The van der Waals surface area contributed by atoms with Crippen LogP contribution in [0.1, 0.15) is 38.3 Å². The molecule has 5 rings (SSSR count). The average Bonchev–Trinajstić information content (AvgIpc) is 3.36. The molecule has 1 saturated carbocycles. The van der Waals surface area contributed by atoms with Crippen molar-refractivity contribution in [3.05, 3.63) is 52.1 Å². The number of nitrogens with one attached hydrogen (secondary N) is 3. The maximum Gasteiger partial charge on any atom is 0.216 e. The Bertz CT molecular complexity index is 1180. The molecule has 3 heterocycles. The Hall–Kier alpha value is -3.26. The van der Waals surface area contributed by atoms with Gasteiger partial charge in [0.05, 0.1) is 21.9 Å². The Morgan fingerprint density at radius 1 is 1.35 bits per heavy atom. The molecule has 5 N–H and O–H groups in total. The van der Waals surface area contributed by atoms with Crippen LogP contribution in [0.4, 0.5) is 0 Å². The van der Waals surface area contributed by atoms with Gasteiger partial charge in [0.1, 0.15) is 17.9 Å². The first-order valence-corrected chi connectivity index (χ1v) is 10.8. The summed E-state index contributed by atoms with van der Waals surface area (Å²) in [6.07, 6.45) is 5.40. The first kappa shape index (κ1) is 19.7. The molecule has 1 fully saturated rings. The molecule has 0 atom stereocenters. The van der Waals surface area contributed by atoms with Crippen LogP contribution in [0.2, 0.25) is 5.02 Å². The number of nitrogens with two attached hydrogens (primary N) is 1. The lowest BCUT2D eigenvalue weighted by Gasteiger charge is -2.27. The predicted molar refractivity (Wildman–Crippen MR) is 123 cm³/mol. The van der Waals surface area contributed by atoms with Crippen LogP contribution in [0.5, 0.6) is 0 Å². The summed E-state index contributed by atoms with van der Waals surface area (Å²) in [5.41, 5.74) is 10.9. The standard InChI is InChI=1S/C22H24ClN7O/c1-12(31)25-10-13-5-7-14(8-6-13)22-29-19(20-21(24)26-11-27-30(20)22)17-9-15-3-2-4-16(23)18(15)28-17/h2-4,9,11,13,28-29H,5-8,10H2,1H3,(H,25,31)(H2,24,26,27). The van der Waals surface area contributed by atoms with Gasteiger partial charge in [-0.05, 0) is 49.3 Å². The highest BCUT2D eigenvalue weighted by Crippen LogP contribution is 2.38. The SMILES string of the molecule is CC(=O)NCC1CCC(=C2NC(c3cc4cccc(Cl)c4[nH]3)=C3C(N)=NC=NN23)CC1. The number of carbonyl (C=O) groups excluding carboxylic acids is 1. The lowest BCUT2D eigenvalue weighted by atomic mass is 9.85. The second kappa shape index (κ2) is 7.77. The van der Waals surface area contributed by atoms with Crippen LogP contribution in [0, 0.1) is 5.92 Å². The molecule has 0 spiro atoms. The summed E-state index contributed by atoms with van der Waals surface area (Å²) in [5.74, 6) is 1.88. The van der Waals surface area contributed by atoms with Crippen molar-refractivity contribution in [3.63, 3.8) is 0 Å². The minimum absolute atomic E-state index is 0.0240. The van der Waals surface area contributed by atoms with Gasteiger partial charge in [0.25, 0.3) is 0 Å². The van der Waals surface area contributed by atoms with Crippen LogP contribution >= 0.6 is 11.6 Å². The van der Waals surface area contributed by atoms with Crippen molar-refractivity contribution in [2.45, 2.75) is 32.6 Å². The molecule has 2 aromatic rings. The summed E-state index contributed by atoms with van der Waals surface area (Å²) in [7, 11) is 0. The number of para-hydroxylation sites is 1. The van der Waals surface area contributed by atoms with Gasteiger partial charge in [0.15, 0.2) is 5.84 Å². The van der Waals surface area contributed by atoms with Crippen molar-refractivity contribution in [1.29, 1.82) is 0 Å². The molecule has 1 aliphatic carbocycles. The third-order valence-corrected chi connectivity index (χ3v) is 6.38. The third-order valence-electron chi connectivity index (χ3n) is 6.07. The predicted octanol–water partition coefficient (Wildman–Crippen LogP) is 3.25. The highest BCUT2D eigenvalue weighted by atomic mass is 35.5. The van der Waals surface area contributed by atoms with Gasteiger partial charge in [-0.25, -0.2) is 10.0 Å². The molecular formula is C22H24ClN7O. The highest BCUT2D eigenvalue weighted by molar-refractivity contribution is 6.35. The number of fused-ring (bicyclic) bond motifs is 2. The van der Waals surface area contributed by atoms with Crippen molar-refractivity contribution < 1.29 is 4.79 Å². The van der Waals surface area contributed by atoms with Crippen molar-refractivity contribution >= 4 is 46.3 Å². The Balaban J connectivity index is 1.46. The highest BCUT2D eigenvalue weighted by Gasteiger charge is 2.35. The molecule has 0 saturated heterocycles. The van der Waals surface area contributed by atoms with Gasteiger partial charge in [0, 0.05) is 18.9 Å². The van der Waals surface area contributed by atoms with Gasteiger partial charge in [0.2, 0.25) is 5.91 Å². The molecule has 0 radical (unpaired) electrons. The van der Waals surface area contributed by atoms with Crippen LogP contribution < -0.4 is 16.4 Å². The quantitative estimate of drug-likeness (QED) is 0.590. The van der Waals surface area contributed by atoms with E-state index in [0.29, 0.717) is 16.8 Å². The van der Waals surface area contributed by atoms with Crippen molar-refractivity contribution in [2.24, 2.45) is 21.7 Å². The smallest absolute Gasteiger partial charge is 0.216 e. The van der Waals surface area contributed by atoms with Gasteiger partial charge in [-0.3, -0.25) is 4.79 Å². The molecule has 1 amide bonds. The first-order valence-electron chi connectivity index (χ1n) is 10.4. The summed E-state index contributed by atoms with van der Waals surface area (Å²) in [4.78, 5) is 18.8. The molecule has 8 nitrogen and oxygen atoms in total. The molecule has 31 heavy (non-hydrogen) atoms. The number of halogens is 1. The Kier molecular flexibility index (Phi) is 4.94. The van der Waals surface area contributed by atoms with Gasteiger partial charge >= 0.3 is 0 Å². The maximum atomic E-state index is 11.2. The average molecular weight is 438 g/mol. The van der Waals surface area contributed by atoms with Crippen molar-refractivity contribution in [3.8, 4) is 0 Å². The van der Waals surface area contributed by atoms with Gasteiger partial charge < -0.3 is 21.4 Å². The second-order valence-corrected chi connectivity index (χ2v) is 8.53. The number of benzene rings is 1. The number of aromatic nitrogens is 1. The summed E-state index contributed by atoms with van der Waals surface area (Å²) >= 11 is 6.37. The minimum Gasteiger partial charge on any atom is -0.382 e. The number of nitrogens with zero attached hydrogens (tertiary/aromatic N) is 3. The zero-order valence-corrected chi connectivity index (χ0v) is 18.0. The van der Waals surface area contributed by atoms with E-state index in [4.69, 9.17) is 17.3 Å². The van der Waals surface area contributed by atoms with Crippen molar-refractivity contribution in [1.82, 2.24) is 20.6 Å². The number of aliphatic imine (C=N–C) groups is 1. The number of rotatable bonds is 3. The molecule has 1 aromatic heterocycles. The van der Waals surface area contributed by atoms with E-state index in [1.165, 1.54) is 11.9 Å². The van der Waals surface area contributed by atoms with Gasteiger partial charge in [-0.15, -0.1) is 0 Å². The number of allylic oxidation sites excluding steroid dienone is 1. The number of amides is 1. The minimum atomic E-state index is 0.0240. The fourth-order valence-electron chi connectivity index (χ4n) is 4.44. The van der Waals surface area contributed by atoms with E-state index in [1.807, 2.05) is 23.2 Å². The number of aromatic amines is 1. The van der Waals surface area contributed by atoms with Crippen LogP contribution in [-0.4, -0.2) is 34.6 Å². The van der Waals surface area contributed by atoms with E-state index in [0.717, 1.165) is 66.0 Å². The topological polar surface area (TPSA) is 111 Å². The van der Waals surface area contributed by atoms with Crippen LogP contribution in [0.25, 0.3) is 16.6 Å². The molecule has 9 heteroatoms.